The third-order valence-corrected chi connectivity index (χ3v) is 5.91. The Labute approximate surface area is 157 Å². The first-order valence-electron chi connectivity index (χ1n) is 7.98. The van der Waals surface area contributed by atoms with Gasteiger partial charge in [0.15, 0.2) is 10.9 Å². The Morgan fingerprint density at radius 3 is 3.15 bits per heavy atom. The second-order valence-electron chi connectivity index (χ2n) is 5.88. The second-order valence-corrected chi connectivity index (χ2v) is 7.81. The van der Waals surface area contributed by atoms with Crippen LogP contribution < -0.4 is 5.56 Å². The summed E-state index contributed by atoms with van der Waals surface area (Å²) in [6, 6.07) is 6.87. The molecule has 4 rings (SSSR count). The quantitative estimate of drug-likeness (QED) is 0.489. The molecule has 0 saturated heterocycles. The van der Waals surface area contributed by atoms with Gasteiger partial charge in [0.1, 0.15) is 12.3 Å². The van der Waals surface area contributed by atoms with Crippen molar-refractivity contribution in [1.29, 1.82) is 0 Å². The zero-order valence-electron chi connectivity index (χ0n) is 13.9. The maximum absolute atomic E-state index is 12.2. The minimum Gasteiger partial charge on any atom is -0.459 e. The van der Waals surface area contributed by atoms with Gasteiger partial charge in [-0.05, 0) is 18.4 Å². The summed E-state index contributed by atoms with van der Waals surface area (Å²) in [5.41, 5.74) is 1.11. The number of hydrogen-bond acceptors (Lipinski definition) is 8. The number of carbonyl (C=O) groups is 1. The van der Waals surface area contributed by atoms with Crippen LogP contribution in [0.25, 0.3) is 10.6 Å². The topological polar surface area (TPSA) is 87.2 Å². The van der Waals surface area contributed by atoms with Crippen LogP contribution in [-0.4, -0.2) is 26.4 Å². The maximum Gasteiger partial charge on any atom is 0.308 e. The van der Waals surface area contributed by atoms with Gasteiger partial charge < -0.3 is 9.26 Å². The van der Waals surface area contributed by atoms with Crippen LogP contribution in [0.3, 0.4) is 0 Å². The van der Waals surface area contributed by atoms with Gasteiger partial charge in [-0.25, -0.2) is 4.98 Å². The van der Waals surface area contributed by atoms with E-state index in [4.69, 9.17) is 9.26 Å². The lowest BCUT2D eigenvalue weighted by Gasteiger charge is -2.12. The number of aromatic nitrogens is 3. The van der Waals surface area contributed by atoms with Gasteiger partial charge in [-0.15, -0.1) is 11.3 Å². The number of nitrogens with zero attached hydrogens (tertiary/aromatic N) is 3. The van der Waals surface area contributed by atoms with Gasteiger partial charge in [0.2, 0.25) is 0 Å². The molecule has 0 aliphatic carbocycles. The van der Waals surface area contributed by atoms with E-state index in [1.54, 1.807) is 28.9 Å². The zero-order chi connectivity index (χ0) is 18.1. The van der Waals surface area contributed by atoms with Crippen molar-refractivity contribution in [2.75, 3.05) is 5.75 Å². The minimum absolute atomic E-state index is 0.0431. The van der Waals surface area contributed by atoms with Crippen molar-refractivity contribution >= 4 is 29.1 Å². The number of thiophene rings is 1. The Morgan fingerprint density at radius 1 is 1.46 bits per heavy atom. The highest BCUT2D eigenvalue weighted by Gasteiger charge is 2.28. The van der Waals surface area contributed by atoms with E-state index >= 15 is 0 Å². The van der Waals surface area contributed by atoms with Crippen LogP contribution in [0.4, 0.5) is 0 Å². The Morgan fingerprint density at radius 2 is 2.35 bits per heavy atom. The number of carbonyl (C=O) groups excluding carboxylic acids is 1. The molecule has 134 valence electrons. The number of esters is 1. The lowest BCUT2D eigenvalue weighted by atomic mass is 10.2. The molecular formula is C17H15N3O4S2. The third kappa shape index (κ3) is 3.45. The first-order chi connectivity index (χ1) is 12.6. The van der Waals surface area contributed by atoms with E-state index in [9.17, 15) is 9.59 Å². The summed E-state index contributed by atoms with van der Waals surface area (Å²) < 4.78 is 12.1. The Balaban J connectivity index is 1.37. The van der Waals surface area contributed by atoms with Gasteiger partial charge in [0.05, 0.1) is 17.3 Å². The summed E-state index contributed by atoms with van der Waals surface area (Å²) in [7, 11) is 0. The van der Waals surface area contributed by atoms with Crippen molar-refractivity contribution < 1.29 is 14.1 Å². The molecule has 0 bridgehead atoms. The van der Waals surface area contributed by atoms with Crippen LogP contribution in [-0.2, 0) is 16.1 Å². The summed E-state index contributed by atoms with van der Waals surface area (Å²) in [6.45, 7) is 1.83. The Kier molecular flexibility index (Phi) is 4.64. The molecule has 3 aromatic heterocycles. The number of ether oxygens (including phenoxy) is 1. The largest absolute Gasteiger partial charge is 0.459 e. The number of hydrogen-bond donors (Lipinski definition) is 0. The van der Waals surface area contributed by atoms with Crippen molar-refractivity contribution in [3.63, 3.8) is 0 Å². The molecule has 3 aromatic rings. The fourth-order valence-corrected chi connectivity index (χ4v) is 4.60. The molecule has 0 aromatic carbocycles. The molecule has 9 heteroatoms. The normalized spacial score (nSPS) is 15.8. The fourth-order valence-electron chi connectivity index (χ4n) is 2.73. The highest BCUT2D eigenvalue weighted by atomic mass is 32.2. The minimum atomic E-state index is -0.378. The van der Waals surface area contributed by atoms with Crippen molar-refractivity contribution in [3.05, 3.63) is 51.4 Å². The van der Waals surface area contributed by atoms with Crippen LogP contribution in [0.1, 0.15) is 23.9 Å². The van der Waals surface area contributed by atoms with E-state index < -0.39 is 0 Å². The number of aryl methyl sites for hydroxylation is 1. The first-order valence-corrected chi connectivity index (χ1v) is 9.85. The van der Waals surface area contributed by atoms with E-state index in [2.05, 4.69) is 10.1 Å². The van der Waals surface area contributed by atoms with E-state index in [0.717, 1.165) is 4.88 Å². The van der Waals surface area contributed by atoms with Gasteiger partial charge in [-0.1, -0.05) is 23.0 Å². The molecule has 1 aliphatic heterocycles. The van der Waals surface area contributed by atoms with Gasteiger partial charge in [0, 0.05) is 23.6 Å². The zero-order valence-corrected chi connectivity index (χ0v) is 15.5. The molecule has 0 unspecified atom stereocenters. The lowest BCUT2D eigenvalue weighted by Crippen LogP contribution is -2.26. The highest BCUT2D eigenvalue weighted by molar-refractivity contribution is 7.99. The van der Waals surface area contributed by atoms with Crippen molar-refractivity contribution in [2.45, 2.75) is 31.1 Å². The lowest BCUT2D eigenvalue weighted by molar-refractivity contribution is -0.145. The van der Waals surface area contributed by atoms with Crippen LogP contribution in [0.2, 0.25) is 0 Å². The van der Waals surface area contributed by atoms with E-state index in [1.807, 2.05) is 17.5 Å². The molecule has 0 spiro atoms. The van der Waals surface area contributed by atoms with Gasteiger partial charge in [-0.2, -0.15) is 0 Å². The summed E-state index contributed by atoms with van der Waals surface area (Å²) in [4.78, 5) is 29.6. The average molecular weight is 389 g/mol. The van der Waals surface area contributed by atoms with Crippen LogP contribution in [0.15, 0.2) is 44.1 Å². The molecule has 1 aliphatic rings. The molecular weight excluding hydrogens is 374 g/mol. The van der Waals surface area contributed by atoms with Crippen molar-refractivity contribution in [2.24, 2.45) is 0 Å². The average Bonchev–Trinajstić information content (AvgIpc) is 3.33. The summed E-state index contributed by atoms with van der Waals surface area (Å²) in [5, 5.41) is 6.53. The summed E-state index contributed by atoms with van der Waals surface area (Å²) in [6.07, 6.45) is 0.125. The standard InChI is InChI=1S/C17H15N3O4S2/c1-10-5-15(21)20-12(9-26-17(20)18-10)7-16(22)23-8-11-6-13(24-19-11)14-3-2-4-25-14/h2-6,12H,7-9H2,1H3/t12-/m1/s1. The summed E-state index contributed by atoms with van der Waals surface area (Å²) in [5.74, 6) is 0.907. The van der Waals surface area contributed by atoms with Gasteiger partial charge >= 0.3 is 5.97 Å². The highest BCUT2D eigenvalue weighted by Crippen LogP contribution is 2.32. The molecule has 26 heavy (non-hydrogen) atoms. The maximum atomic E-state index is 12.2. The second kappa shape index (κ2) is 7.08. The van der Waals surface area contributed by atoms with Crippen LogP contribution >= 0.6 is 23.1 Å². The fraction of sp³-hybridized carbons (Fsp3) is 0.294. The monoisotopic (exact) mass is 389 g/mol. The van der Waals surface area contributed by atoms with Crippen LogP contribution in [0.5, 0.6) is 0 Å². The first kappa shape index (κ1) is 17.0. The molecule has 0 N–H and O–H groups in total. The van der Waals surface area contributed by atoms with Crippen molar-refractivity contribution in [1.82, 2.24) is 14.7 Å². The number of fused-ring (bicyclic) bond motifs is 1. The smallest absolute Gasteiger partial charge is 0.308 e. The predicted molar refractivity (Wildman–Crippen MR) is 97.2 cm³/mol. The summed E-state index contributed by atoms with van der Waals surface area (Å²) >= 11 is 3.03. The molecule has 7 nitrogen and oxygen atoms in total. The third-order valence-electron chi connectivity index (χ3n) is 3.92. The Bertz CT molecular complexity index is 994. The van der Waals surface area contributed by atoms with E-state index in [1.165, 1.54) is 17.8 Å². The van der Waals surface area contributed by atoms with E-state index in [-0.39, 0.29) is 30.6 Å². The van der Waals surface area contributed by atoms with Crippen LogP contribution in [0, 0.1) is 6.92 Å². The predicted octanol–water partition coefficient (Wildman–Crippen LogP) is 3.05. The number of thioether (sulfide) groups is 1. The molecule has 0 amide bonds. The van der Waals surface area contributed by atoms with Gasteiger partial charge in [-0.3, -0.25) is 14.2 Å². The van der Waals surface area contributed by atoms with Crippen molar-refractivity contribution in [3.8, 4) is 10.6 Å². The molecule has 0 fully saturated rings. The number of rotatable bonds is 5. The Hall–Kier alpha value is -2.39. The molecule has 0 radical (unpaired) electrons. The molecule has 4 heterocycles. The molecule has 1 atom stereocenters. The SMILES string of the molecule is Cc1cc(=O)n2c(n1)SC[C@H]2CC(=O)OCc1cc(-c2cccs2)on1. The molecule has 0 saturated carbocycles. The van der Waals surface area contributed by atoms with E-state index in [0.29, 0.717) is 28.1 Å². The van der Waals surface area contributed by atoms with Gasteiger partial charge in [0.25, 0.3) is 5.56 Å².